The van der Waals surface area contributed by atoms with Gasteiger partial charge in [0, 0.05) is 45.9 Å². The van der Waals surface area contributed by atoms with Crippen molar-refractivity contribution in [1.29, 1.82) is 0 Å². The lowest BCUT2D eigenvalue weighted by Crippen LogP contribution is -2.17. The number of halogens is 1. The number of esters is 1. The number of ether oxygens (including phenoxy) is 3. The number of nitro benzene ring substituents is 1. The Bertz CT molecular complexity index is 1710. The zero-order chi connectivity index (χ0) is 28.6. The average Bonchev–Trinajstić information content (AvgIpc) is 3.54. The highest BCUT2D eigenvalue weighted by Crippen LogP contribution is 2.35. The van der Waals surface area contributed by atoms with E-state index >= 15 is 0 Å². The van der Waals surface area contributed by atoms with E-state index in [4.69, 9.17) is 25.8 Å². The number of nitrogens with zero attached hydrogens (tertiary/aromatic N) is 2. The molecule has 0 unspecified atom stereocenters. The summed E-state index contributed by atoms with van der Waals surface area (Å²) in [5, 5.41) is 11.1. The van der Waals surface area contributed by atoms with E-state index in [0.29, 0.717) is 22.8 Å². The Kier molecular flexibility index (Phi) is 7.10. The Morgan fingerprint density at radius 1 is 0.950 bits per heavy atom. The molecule has 3 aromatic carbocycles. The van der Waals surface area contributed by atoms with Crippen LogP contribution in [0.5, 0.6) is 11.5 Å². The van der Waals surface area contributed by atoms with Crippen LogP contribution in [0.2, 0.25) is 5.02 Å². The van der Waals surface area contributed by atoms with Gasteiger partial charge in [0.05, 0.1) is 10.5 Å². The fourth-order valence-corrected chi connectivity index (χ4v) is 4.75. The minimum atomic E-state index is -0.884. The van der Waals surface area contributed by atoms with Gasteiger partial charge in [-0.25, -0.2) is 4.79 Å². The molecule has 10 nitrogen and oxygen atoms in total. The van der Waals surface area contributed by atoms with Crippen molar-refractivity contribution >= 4 is 34.8 Å². The molecule has 0 radical (unpaired) electrons. The number of ketones is 2. The summed E-state index contributed by atoms with van der Waals surface area (Å²) in [5.41, 5.74) is 2.03. The molecule has 0 spiro atoms. The van der Waals surface area contributed by atoms with Gasteiger partial charge in [0.1, 0.15) is 5.02 Å². The van der Waals surface area contributed by atoms with E-state index in [1.54, 1.807) is 31.2 Å². The third kappa shape index (κ3) is 4.92. The molecule has 5 rings (SSSR count). The molecule has 40 heavy (non-hydrogen) atoms. The van der Waals surface area contributed by atoms with E-state index in [2.05, 4.69) is 0 Å². The third-order valence-corrected chi connectivity index (χ3v) is 6.80. The molecular weight excluding hydrogens is 540 g/mol. The van der Waals surface area contributed by atoms with Gasteiger partial charge in [-0.15, -0.1) is 0 Å². The molecule has 1 aliphatic heterocycles. The molecule has 0 aliphatic carbocycles. The standard InChI is InChI=1S/C29H21ClN2O8/c1-16-11-22(17(2)31(16)19-8-10-26-27(13-19)40-15-39-26)25(33)14-38-29(35)21-6-4-3-5-20(21)28(34)18-7-9-23(30)24(12-18)32(36)37/h3-13H,14-15H2,1-2H3. The van der Waals surface area contributed by atoms with Crippen LogP contribution in [0.25, 0.3) is 5.69 Å². The van der Waals surface area contributed by atoms with Gasteiger partial charge in [-0.2, -0.15) is 0 Å². The van der Waals surface area contributed by atoms with E-state index in [0.717, 1.165) is 17.4 Å². The molecule has 0 saturated carbocycles. The molecule has 1 aromatic heterocycles. The Morgan fingerprint density at radius 3 is 2.42 bits per heavy atom. The lowest BCUT2D eigenvalue weighted by molar-refractivity contribution is -0.384. The van der Waals surface area contributed by atoms with Crippen LogP contribution in [0.4, 0.5) is 5.69 Å². The summed E-state index contributed by atoms with van der Waals surface area (Å²) in [6, 6.07) is 16.7. The lowest BCUT2D eigenvalue weighted by Gasteiger charge is -2.11. The van der Waals surface area contributed by atoms with Gasteiger partial charge in [-0.05, 0) is 50.2 Å². The first-order chi connectivity index (χ1) is 19.2. The maximum absolute atomic E-state index is 13.1. The SMILES string of the molecule is Cc1cc(C(=O)COC(=O)c2ccccc2C(=O)c2ccc(Cl)c([N+](=O)[O-])c2)c(C)n1-c1ccc2c(c1)OCO2. The first kappa shape index (κ1) is 26.6. The Hall–Kier alpha value is -4.96. The highest BCUT2D eigenvalue weighted by Gasteiger charge is 2.24. The van der Waals surface area contributed by atoms with Gasteiger partial charge in [0.15, 0.2) is 23.9 Å². The van der Waals surface area contributed by atoms with E-state index in [1.165, 1.54) is 24.3 Å². The maximum Gasteiger partial charge on any atom is 0.339 e. The molecule has 0 amide bonds. The van der Waals surface area contributed by atoms with Crippen molar-refractivity contribution in [3.05, 3.63) is 116 Å². The number of nitro groups is 1. The molecule has 0 bridgehead atoms. The number of benzene rings is 3. The predicted molar refractivity (Wildman–Crippen MR) is 144 cm³/mol. The van der Waals surface area contributed by atoms with Crippen molar-refractivity contribution < 1.29 is 33.5 Å². The van der Waals surface area contributed by atoms with Gasteiger partial charge in [-0.1, -0.05) is 29.8 Å². The quantitative estimate of drug-likeness (QED) is 0.117. The van der Waals surface area contributed by atoms with Crippen LogP contribution in [0.3, 0.4) is 0 Å². The molecule has 1 aliphatic rings. The Morgan fingerprint density at radius 2 is 1.68 bits per heavy atom. The van der Waals surface area contributed by atoms with Crippen LogP contribution < -0.4 is 9.47 Å². The van der Waals surface area contributed by atoms with Crippen LogP contribution >= 0.6 is 11.6 Å². The number of carbonyl (C=O) groups is 3. The van der Waals surface area contributed by atoms with Crippen molar-refractivity contribution in [2.75, 3.05) is 13.4 Å². The average molecular weight is 561 g/mol. The fraction of sp³-hybridized carbons (Fsp3) is 0.138. The van der Waals surface area contributed by atoms with Crippen molar-refractivity contribution in [3.8, 4) is 17.2 Å². The summed E-state index contributed by atoms with van der Waals surface area (Å²) < 4.78 is 18.0. The minimum absolute atomic E-state index is 0.0246. The summed E-state index contributed by atoms with van der Waals surface area (Å²) in [4.78, 5) is 49.7. The third-order valence-electron chi connectivity index (χ3n) is 6.48. The second-order valence-corrected chi connectivity index (χ2v) is 9.36. The number of fused-ring (bicyclic) bond motifs is 1. The van der Waals surface area contributed by atoms with Gasteiger partial charge in [-0.3, -0.25) is 19.7 Å². The fourth-order valence-electron chi connectivity index (χ4n) is 4.56. The second kappa shape index (κ2) is 10.7. The van der Waals surface area contributed by atoms with Gasteiger partial charge < -0.3 is 18.8 Å². The molecule has 0 saturated heterocycles. The van der Waals surface area contributed by atoms with E-state index in [9.17, 15) is 24.5 Å². The monoisotopic (exact) mass is 560 g/mol. The summed E-state index contributed by atoms with van der Waals surface area (Å²) in [6.07, 6.45) is 0. The number of hydrogen-bond donors (Lipinski definition) is 0. The Balaban J connectivity index is 1.34. The number of hydrogen-bond acceptors (Lipinski definition) is 8. The molecule has 0 fully saturated rings. The molecule has 0 N–H and O–H groups in total. The summed E-state index contributed by atoms with van der Waals surface area (Å²) in [6.45, 7) is 3.22. The van der Waals surface area contributed by atoms with Crippen LogP contribution in [0.1, 0.15) is 48.0 Å². The topological polar surface area (TPSA) is 127 Å². The van der Waals surface area contributed by atoms with Crippen molar-refractivity contribution in [2.45, 2.75) is 13.8 Å². The first-order valence-electron chi connectivity index (χ1n) is 12.0. The van der Waals surface area contributed by atoms with Gasteiger partial charge in [0.25, 0.3) is 5.69 Å². The zero-order valence-corrected chi connectivity index (χ0v) is 22.1. The summed E-state index contributed by atoms with van der Waals surface area (Å²) >= 11 is 5.85. The molecule has 202 valence electrons. The summed E-state index contributed by atoms with van der Waals surface area (Å²) in [5.74, 6) is -0.697. The molecule has 11 heteroatoms. The molecule has 0 atom stereocenters. The van der Waals surface area contributed by atoms with E-state index < -0.39 is 34.8 Å². The number of aryl methyl sites for hydroxylation is 1. The Labute approximate surface area is 232 Å². The highest BCUT2D eigenvalue weighted by molar-refractivity contribution is 6.33. The number of aromatic nitrogens is 1. The number of carbonyl (C=O) groups excluding carboxylic acids is 3. The van der Waals surface area contributed by atoms with Crippen LogP contribution in [-0.4, -0.2) is 40.4 Å². The van der Waals surface area contributed by atoms with Crippen molar-refractivity contribution in [2.24, 2.45) is 0 Å². The minimum Gasteiger partial charge on any atom is -0.454 e. The zero-order valence-electron chi connectivity index (χ0n) is 21.3. The second-order valence-electron chi connectivity index (χ2n) is 8.96. The molecule has 2 heterocycles. The maximum atomic E-state index is 13.1. The molecular formula is C29H21ClN2O8. The van der Waals surface area contributed by atoms with Gasteiger partial charge in [0.2, 0.25) is 12.6 Å². The summed E-state index contributed by atoms with van der Waals surface area (Å²) in [7, 11) is 0. The van der Waals surface area contributed by atoms with Crippen molar-refractivity contribution in [1.82, 2.24) is 4.57 Å². The highest BCUT2D eigenvalue weighted by atomic mass is 35.5. The van der Waals surface area contributed by atoms with Crippen LogP contribution in [-0.2, 0) is 4.74 Å². The smallest absolute Gasteiger partial charge is 0.339 e. The van der Waals surface area contributed by atoms with Crippen molar-refractivity contribution in [3.63, 3.8) is 0 Å². The number of Topliss-reactive ketones (excluding diaryl/α,β-unsaturated/α-hetero) is 1. The van der Waals surface area contributed by atoms with Gasteiger partial charge >= 0.3 is 5.97 Å². The number of rotatable bonds is 8. The normalized spacial score (nSPS) is 11.8. The lowest BCUT2D eigenvalue weighted by atomic mass is 9.98. The van der Waals surface area contributed by atoms with Crippen LogP contribution in [0.15, 0.2) is 66.7 Å². The van der Waals surface area contributed by atoms with E-state index in [-0.39, 0.29) is 28.5 Å². The predicted octanol–water partition coefficient (Wildman–Crippen LogP) is 5.66. The van der Waals surface area contributed by atoms with E-state index in [1.807, 2.05) is 23.6 Å². The van der Waals surface area contributed by atoms with Crippen LogP contribution in [0, 0.1) is 24.0 Å². The molecule has 4 aromatic rings. The first-order valence-corrected chi connectivity index (χ1v) is 12.4. The largest absolute Gasteiger partial charge is 0.454 e.